The van der Waals surface area contributed by atoms with Crippen molar-refractivity contribution >= 4 is 34.2 Å². The van der Waals surface area contributed by atoms with Crippen molar-refractivity contribution in [1.82, 2.24) is 20.2 Å². The van der Waals surface area contributed by atoms with Crippen molar-refractivity contribution in [2.24, 2.45) is 0 Å². The number of amides is 2. The van der Waals surface area contributed by atoms with E-state index in [0.717, 1.165) is 27.8 Å². The molecule has 3 aromatic heterocycles. The Morgan fingerprint density at radius 1 is 1.09 bits per heavy atom. The number of nitrogens with one attached hydrogen (secondary N) is 2. The molecule has 6 nitrogen and oxygen atoms in total. The minimum absolute atomic E-state index is 0.0247. The van der Waals surface area contributed by atoms with E-state index in [1.165, 1.54) is 28.4 Å². The Bertz CT molecular complexity index is 1410. The van der Waals surface area contributed by atoms with Crippen LogP contribution in [0.1, 0.15) is 16.1 Å². The van der Waals surface area contributed by atoms with Crippen LogP contribution in [0.15, 0.2) is 54.0 Å². The van der Waals surface area contributed by atoms with Gasteiger partial charge in [0, 0.05) is 42.0 Å². The Labute approximate surface area is 200 Å². The van der Waals surface area contributed by atoms with E-state index in [0.29, 0.717) is 10.5 Å². The third-order valence-corrected chi connectivity index (χ3v) is 6.76. The lowest BCUT2D eigenvalue weighted by molar-refractivity contribution is -0.174. The molecule has 1 unspecified atom stereocenters. The van der Waals surface area contributed by atoms with Gasteiger partial charge in [-0.3, -0.25) is 9.59 Å². The summed E-state index contributed by atoms with van der Waals surface area (Å²) in [6.07, 6.45) is -3.01. The number of nitrogens with zero attached hydrogens (tertiary/aromatic N) is 2. The summed E-state index contributed by atoms with van der Waals surface area (Å²) < 4.78 is 50.6. The van der Waals surface area contributed by atoms with Crippen molar-refractivity contribution in [2.45, 2.75) is 18.6 Å². The molecule has 4 heterocycles. The largest absolute Gasteiger partial charge is 0.471 e. The molecule has 1 aliphatic heterocycles. The quantitative estimate of drug-likeness (QED) is 0.386. The van der Waals surface area contributed by atoms with Crippen LogP contribution in [0.4, 0.5) is 17.6 Å². The van der Waals surface area contributed by atoms with Crippen LogP contribution >= 0.6 is 11.3 Å². The molecule has 5 rings (SSSR count). The molecular formula is C24H18F4N4O2S. The normalized spacial score (nSPS) is 16.1. The number of fused-ring (bicyclic) bond motifs is 1. The number of alkyl halides is 3. The number of aromatic nitrogens is 2. The highest BCUT2D eigenvalue weighted by molar-refractivity contribution is 7.12. The highest BCUT2D eigenvalue weighted by Gasteiger charge is 2.41. The predicted molar refractivity (Wildman–Crippen MR) is 123 cm³/mol. The van der Waals surface area contributed by atoms with Crippen LogP contribution in [0.3, 0.4) is 0 Å². The van der Waals surface area contributed by atoms with Crippen molar-refractivity contribution < 1.29 is 27.2 Å². The molecule has 0 radical (unpaired) electrons. The molecule has 0 aliphatic carbocycles. The summed E-state index contributed by atoms with van der Waals surface area (Å²) in [5, 5.41) is 4.61. The number of carbonyl (C=O) groups excluding carboxylic acids is 2. The number of benzene rings is 1. The zero-order valence-corrected chi connectivity index (χ0v) is 18.8. The van der Waals surface area contributed by atoms with Gasteiger partial charge >= 0.3 is 12.1 Å². The minimum atomic E-state index is -4.95. The molecule has 0 bridgehead atoms. The molecule has 11 heteroatoms. The van der Waals surface area contributed by atoms with E-state index < -0.39 is 18.1 Å². The second-order valence-electron chi connectivity index (χ2n) is 8.26. The molecule has 1 atom stereocenters. The lowest BCUT2D eigenvalue weighted by Gasteiger charge is -2.17. The maximum atomic E-state index is 13.2. The van der Waals surface area contributed by atoms with Crippen LogP contribution in [-0.2, 0) is 4.79 Å². The molecule has 35 heavy (non-hydrogen) atoms. The number of carbonyl (C=O) groups is 2. The molecule has 180 valence electrons. The average Bonchev–Trinajstić information content (AvgIpc) is 3.57. The fourth-order valence-corrected chi connectivity index (χ4v) is 4.93. The van der Waals surface area contributed by atoms with Gasteiger partial charge in [-0.2, -0.15) is 13.2 Å². The number of hydrogen-bond donors (Lipinski definition) is 2. The van der Waals surface area contributed by atoms with Crippen molar-refractivity contribution in [3.05, 3.63) is 64.7 Å². The van der Waals surface area contributed by atoms with E-state index in [1.54, 1.807) is 24.4 Å². The Hall–Kier alpha value is -3.73. The van der Waals surface area contributed by atoms with Gasteiger partial charge in [0.05, 0.1) is 4.88 Å². The van der Waals surface area contributed by atoms with Crippen LogP contribution in [0.5, 0.6) is 0 Å². The summed E-state index contributed by atoms with van der Waals surface area (Å²) in [7, 11) is 0. The molecule has 1 saturated heterocycles. The number of thiophene rings is 1. The zero-order chi connectivity index (χ0) is 24.7. The number of rotatable bonds is 4. The molecule has 1 fully saturated rings. The summed E-state index contributed by atoms with van der Waals surface area (Å²) in [5.41, 5.74) is 3.88. The molecular weight excluding hydrogens is 484 g/mol. The number of hydrogen-bond acceptors (Lipinski definition) is 4. The van der Waals surface area contributed by atoms with Gasteiger partial charge in [0.25, 0.3) is 5.91 Å². The topological polar surface area (TPSA) is 78.1 Å². The summed E-state index contributed by atoms with van der Waals surface area (Å²) >= 11 is 1.24. The second-order valence-corrected chi connectivity index (χ2v) is 9.17. The van der Waals surface area contributed by atoms with Gasteiger partial charge in [0.15, 0.2) is 0 Å². The Morgan fingerprint density at radius 3 is 2.60 bits per heavy atom. The van der Waals surface area contributed by atoms with Crippen LogP contribution in [-0.4, -0.2) is 52.0 Å². The molecule has 1 aromatic carbocycles. The first-order valence-electron chi connectivity index (χ1n) is 10.7. The fourth-order valence-electron chi connectivity index (χ4n) is 4.04. The van der Waals surface area contributed by atoms with Crippen LogP contribution < -0.4 is 5.32 Å². The molecule has 2 amide bonds. The van der Waals surface area contributed by atoms with E-state index >= 15 is 0 Å². The summed E-state index contributed by atoms with van der Waals surface area (Å²) in [4.78, 5) is 33.6. The van der Waals surface area contributed by atoms with Crippen molar-refractivity contribution in [3.63, 3.8) is 0 Å². The van der Waals surface area contributed by atoms with E-state index in [1.807, 2.05) is 22.8 Å². The molecule has 2 N–H and O–H groups in total. The first kappa shape index (κ1) is 23.0. The monoisotopic (exact) mass is 502 g/mol. The lowest BCUT2D eigenvalue weighted by atomic mass is 10.1. The van der Waals surface area contributed by atoms with E-state index in [2.05, 4.69) is 9.97 Å². The third kappa shape index (κ3) is 4.76. The van der Waals surface area contributed by atoms with Gasteiger partial charge in [-0.1, -0.05) is 0 Å². The van der Waals surface area contributed by atoms with Crippen LogP contribution in [0, 0.1) is 5.82 Å². The fraction of sp³-hybridized carbons (Fsp3) is 0.208. The van der Waals surface area contributed by atoms with Crippen LogP contribution in [0.2, 0.25) is 0 Å². The number of aromatic amines is 1. The summed E-state index contributed by atoms with van der Waals surface area (Å²) in [6, 6.07) is 11.0. The third-order valence-electron chi connectivity index (χ3n) is 5.84. The zero-order valence-electron chi connectivity index (χ0n) is 18.0. The Kier molecular flexibility index (Phi) is 5.79. The van der Waals surface area contributed by atoms with Gasteiger partial charge in [-0.05, 0) is 65.4 Å². The first-order valence-corrected chi connectivity index (χ1v) is 11.6. The van der Waals surface area contributed by atoms with Gasteiger partial charge in [0.1, 0.15) is 11.5 Å². The van der Waals surface area contributed by atoms with Crippen molar-refractivity contribution in [3.8, 4) is 22.4 Å². The number of pyridine rings is 1. The standard InChI is InChI=1S/C24H18F4N4O2S/c25-17-3-1-13(2-4-17)19-8-14-7-15(10-29-21(14)31-19)16-9-20(35-12-16)22(33)32-6-5-18(11-32)30-23(34)24(26,27)28/h1-4,7-10,12,18H,5-6,11H2,(H,29,31)(H,30,34). The van der Waals surface area contributed by atoms with Crippen molar-refractivity contribution in [2.75, 3.05) is 13.1 Å². The SMILES string of the molecule is O=C(c1cc(-c2cnc3[nH]c(-c4ccc(F)cc4)cc3c2)cs1)N1CCC(NC(=O)C(F)(F)F)C1. The molecule has 0 saturated carbocycles. The highest BCUT2D eigenvalue weighted by Crippen LogP contribution is 2.31. The molecule has 1 aliphatic rings. The first-order chi connectivity index (χ1) is 16.7. The van der Waals surface area contributed by atoms with Gasteiger partial charge in [-0.15, -0.1) is 11.3 Å². The Morgan fingerprint density at radius 2 is 1.86 bits per heavy atom. The molecule has 4 aromatic rings. The van der Waals surface area contributed by atoms with Crippen molar-refractivity contribution in [1.29, 1.82) is 0 Å². The Balaban J connectivity index is 1.30. The van der Waals surface area contributed by atoms with Gasteiger partial charge in [0.2, 0.25) is 0 Å². The number of halogens is 4. The molecule has 0 spiro atoms. The second kappa shape index (κ2) is 8.81. The van der Waals surface area contributed by atoms with Gasteiger partial charge in [-0.25, -0.2) is 9.37 Å². The van der Waals surface area contributed by atoms with Gasteiger partial charge < -0.3 is 15.2 Å². The lowest BCUT2D eigenvalue weighted by Crippen LogP contribution is -2.44. The predicted octanol–water partition coefficient (Wildman–Crippen LogP) is 4.99. The summed E-state index contributed by atoms with van der Waals surface area (Å²) in [6.45, 7) is 0.287. The summed E-state index contributed by atoms with van der Waals surface area (Å²) in [5.74, 6) is -2.60. The van der Waals surface area contributed by atoms with Crippen LogP contribution in [0.25, 0.3) is 33.4 Å². The smallest absolute Gasteiger partial charge is 0.344 e. The minimum Gasteiger partial charge on any atom is -0.344 e. The van der Waals surface area contributed by atoms with E-state index in [9.17, 15) is 27.2 Å². The van der Waals surface area contributed by atoms with E-state index in [-0.39, 0.29) is 31.2 Å². The highest BCUT2D eigenvalue weighted by atomic mass is 32.1. The average molecular weight is 502 g/mol. The number of likely N-dealkylation sites (tertiary alicyclic amines) is 1. The van der Waals surface area contributed by atoms with E-state index in [4.69, 9.17) is 0 Å². The number of H-pyrrole nitrogens is 1. The maximum Gasteiger partial charge on any atom is 0.471 e. The maximum absolute atomic E-state index is 13.2.